The molecule has 166 valence electrons. The molecule has 0 radical (unpaired) electrons. The zero-order valence-electron chi connectivity index (χ0n) is 17.4. The van der Waals surface area contributed by atoms with Gasteiger partial charge in [-0.05, 0) is 64.0 Å². The number of oxazole rings is 1. The zero-order chi connectivity index (χ0) is 19.1. The van der Waals surface area contributed by atoms with Gasteiger partial charge < -0.3 is 24.4 Å². The van der Waals surface area contributed by atoms with E-state index >= 15 is 0 Å². The van der Waals surface area contributed by atoms with Gasteiger partial charge in [0, 0.05) is 32.2 Å². The third kappa shape index (κ3) is 4.54. The maximum atomic E-state index is 13.1. The fourth-order valence-corrected chi connectivity index (χ4v) is 4.87. The highest BCUT2D eigenvalue weighted by Gasteiger charge is 2.35. The lowest BCUT2D eigenvalue weighted by atomic mass is 9.84. The summed E-state index contributed by atoms with van der Waals surface area (Å²) in [6.45, 7) is 7.21. The van der Waals surface area contributed by atoms with Crippen molar-refractivity contribution in [1.82, 2.24) is 20.1 Å². The number of carbonyl (C=O) groups is 1. The molecule has 0 spiro atoms. The van der Waals surface area contributed by atoms with Gasteiger partial charge in [-0.2, -0.15) is 4.98 Å². The molecule has 0 unspecified atom stereocenters. The molecule has 4 aliphatic rings. The van der Waals surface area contributed by atoms with Gasteiger partial charge in [-0.3, -0.25) is 4.79 Å². The summed E-state index contributed by atoms with van der Waals surface area (Å²) >= 11 is 0. The van der Waals surface area contributed by atoms with Gasteiger partial charge in [-0.15, -0.1) is 24.8 Å². The van der Waals surface area contributed by atoms with Gasteiger partial charge in [-0.1, -0.05) is 6.07 Å². The number of hydrogen-bond acceptors (Lipinski definition) is 6. The molecule has 1 N–H and O–H groups in total. The minimum absolute atomic E-state index is 0. The molecule has 7 nitrogen and oxygen atoms in total. The van der Waals surface area contributed by atoms with Crippen LogP contribution in [0.2, 0.25) is 0 Å². The monoisotopic (exact) mass is 455 g/mol. The summed E-state index contributed by atoms with van der Waals surface area (Å²) in [5.74, 6) is 0.579. The fourth-order valence-electron chi connectivity index (χ4n) is 4.87. The van der Waals surface area contributed by atoms with Crippen molar-refractivity contribution < 1.29 is 9.21 Å². The number of likely N-dealkylation sites (N-methyl/N-ethyl adjacent to an activating group) is 1. The van der Waals surface area contributed by atoms with Crippen molar-refractivity contribution in [2.24, 2.45) is 5.92 Å². The molecule has 9 heteroatoms. The van der Waals surface area contributed by atoms with E-state index in [1.165, 1.54) is 25.9 Å². The molecule has 30 heavy (non-hydrogen) atoms. The number of piperidine rings is 3. The summed E-state index contributed by atoms with van der Waals surface area (Å²) in [7, 11) is 2.15. The van der Waals surface area contributed by atoms with E-state index in [0.29, 0.717) is 28.6 Å². The fraction of sp³-hybridized carbons (Fsp3) is 0.619. The molecule has 1 aromatic carbocycles. The molecule has 2 aromatic rings. The van der Waals surface area contributed by atoms with Crippen molar-refractivity contribution in [3.05, 3.63) is 23.8 Å². The Labute approximate surface area is 190 Å². The molecule has 0 aliphatic carbocycles. The highest BCUT2D eigenvalue weighted by atomic mass is 35.5. The van der Waals surface area contributed by atoms with Crippen LogP contribution in [-0.4, -0.2) is 79.6 Å². The number of carbonyl (C=O) groups excluding carboxylic acids is 1. The van der Waals surface area contributed by atoms with E-state index < -0.39 is 0 Å². The number of para-hydroxylation sites is 1. The average Bonchev–Trinajstić information content (AvgIpc) is 3.03. The number of anilines is 1. The number of amides is 1. The number of benzene rings is 1. The van der Waals surface area contributed by atoms with Gasteiger partial charge in [0.05, 0.1) is 5.56 Å². The molecule has 2 bridgehead atoms. The van der Waals surface area contributed by atoms with Crippen LogP contribution >= 0.6 is 24.8 Å². The molecular formula is C21H31Cl2N5O2. The summed E-state index contributed by atoms with van der Waals surface area (Å²) in [6, 6.07) is 6.53. The second kappa shape index (κ2) is 9.73. The Morgan fingerprint density at radius 3 is 2.63 bits per heavy atom. The Bertz CT molecular complexity index is 868. The molecule has 1 amide bonds. The molecular weight excluding hydrogens is 425 g/mol. The Kier molecular flexibility index (Phi) is 7.50. The second-order valence-corrected chi connectivity index (χ2v) is 8.51. The van der Waals surface area contributed by atoms with Crippen LogP contribution in [0.5, 0.6) is 0 Å². The Morgan fingerprint density at radius 2 is 1.90 bits per heavy atom. The number of hydrogen-bond donors (Lipinski definition) is 1. The van der Waals surface area contributed by atoms with Crippen LogP contribution in [0.15, 0.2) is 22.6 Å². The van der Waals surface area contributed by atoms with Gasteiger partial charge in [0.15, 0.2) is 5.58 Å². The minimum Gasteiger partial charge on any atom is -0.423 e. The van der Waals surface area contributed by atoms with Crippen LogP contribution in [0, 0.1) is 5.92 Å². The molecule has 4 aliphatic heterocycles. The molecule has 4 saturated heterocycles. The summed E-state index contributed by atoms with van der Waals surface area (Å²) in [4.78, 5) is 24.8. The van der Waals surface area contributed by atoms with Crippen LogP contribution in [-0.2, 0) is 0 Å². The van der Waals surface area contributed by atoms with E-state index in [4.69, 9.17) is 9.40 Å². The lowest BCUT2D eigenvalue weighted by Crippen LogP contribution is -2.57. The molecule has 6 rings (SSSR count). The summed E-state index contributed by atoms with van der Waals surface area (Å²) in [5, 5.41) is 3.28. The highest BCUT2D eigenvalue weighted by molar-refractivity contribution is 6.04. The number of aromatic nitrogens is 1. The Balaban J connectivity index is 0.00000128. The highest BCUT2D eigenvalue weighted by Crippen LogP contribution is 2.29. The molecule has 1 atom stereocenters. The standard InChI is InChI=1S/C21H29N5O2.2ClH/c1-24-8-3-9-26(13-12-24)21-23-19-16(4-2-5-18(19)28-21)20(27)22-17-14-25-10-6-15(17)7-11-25;;/h2,4-5,15,17H,3,6-14H2,1H3,(H,22,27);2*1H/t17-;;/m1../s1. The van der Waals surface area contributed by atoms with Gasteiger partial charge in [0.2, 0.25) is 0 Å². The third-order valence-corrected chi connectivity index (χ3v) is 6.62. The van der Waals surface area contributed by atoms with Crippen molar-refractivity contribution in [3.8, 4) is 0 Å². The Hall–Kier alpha value is -1.54. The maximum absolute atomic E-state index is 13.1. The van der Waals surface area contributed by atoms with Gasteiger partial charge in [0.25, 0.3) is 11.9 Å². The second-order valence-electron chi connectivity index (χ2n) is 8.51. The summed E-state index contributed by atoms with van der Waals surface area (Å²) in [5.41, 5.74) is 1.99. The predicted molar refractivity (Wildman–Crippen MR) is 123 cm³/mol. The van der Waals surface area contributed by atoms with E-state index in [1.807, 2.05) is 18.2 Å². The molecule has 5 heterocycles. The first-order valence-corrected chi connectivity index (χ1v) is 10.5. The number of rotatable bonds is 3. The maximum Gasteiger partial charge on any atom is 0.298 e. The molecule has 0 saturated carbocycles. The van der Waals surface area contributed by atoms with Crippen molar-refractivity contribution >= 4 is 47.8 Å². The van der Waals surface area contributed by atoms with E-state index in [2.05, 4.69) is 27.1 Å². The number of halogens is 2. The van der Waals surface area contributed by atoms with Crippen molar-refractivity contribution in [2.75, 3.05) is 57.8 Å². The smallest absolute Gasteiger partial charge is 0.298 e. The largest absolute Gasteiger partial charge is 0.423 e. The first kappa shape index (κ1) is 23.1. The van der Waals surface area contributed by atoms with Crippen molar-refractivity contribution in [2.45, 2.75) is 25.3 Å². The van der Waals surface area contributed by atoms with Crippen LogP contribution in [0.25, 0.3) is 11.1 Å². The van der Waals surface area contributed by atoms with Gasteiger partial charge in [0.1, 0.15) is 5.52 Å². The normalized spacial score (nSPS) is 26.6. The van der Waals surface area contributed by atoms with E-state index in [9.17, 15) is 4.79 Å². The number of fused-ring (bicyclic) bond motifs is 4. The number of nitrogens with one attached hydrogen (secondary N) is 1. The van der Waals surface area contributed by atoms with Crippen molar-refractivity contribution in [1.29, 1.82) is 0 Å². The van der Waals surface area contributed by atoms with E-state index in [-0.39, 0.29) is 36.8 Å². The quantitative estimate of drug-likeness (QED) is 0.767. The topological polar surface area (TPSA) is 64.8 Å². The van der Waals surface area contributed by atoms with E-state index in [0.717, 1.165) is 39.1 Å². The van der Waals surface area contributed by atoms with Crippen molar-refractivity contribution in [3.63, 3.8) is 0 Å². The van der Waals surface area contributed by atoms with Crippen LogP contribution in [0.1, 0.15) is 29.6 Å². The number of nitrogens with zero attached hydrogens (tertiary/aromatic N) is 4. The van der Waals surface area contributed by atoms with Crippen LogP contribution in [0.4, 0.5) is 6.01 Å². The first-order chi connectivity index (χ1) is 13.7. The molecule has 4 fully saturated rings. The lowest BCUT2D eigenvalue weighted by Gasteiger charge is -2.44. The lowest BCUT2D eigenvalue weighted by molar-refractivity contribution is 0.0621. The van der Waals surface area contributed by atoms with Crippen LogP contribution in [0.3, 0.4) is 0 Å². The summed E-state index contributed by atoms with van der Waals surface area (Å²) < 4.78 is 6.04. The van der Waals surface area contributed by atoms with E-state index in [1.54, 1.807) is 0 Å². The van der Waals surface area contributed by atoms with Gasteiger partial charge >= 0.3 is 0 Å². The first-order valence-electron chi connectivity index (χ1n) is 10.5. The third-order valence-electron chi connectivity index (χ3n) is 6.62. The SMILES string of the molecule is CN1CCCN(c2nc3c(C(=O)N[C@@H]4CN5CCC4CC5)cccc3o2)CC1.Cl.Cl. The van der Waals surface area contributed by atoms with Crippen LogP contribution < -0.4 is 10.2 Å². The summed E-state index contributed by atoms with van der Waals surface area (Å²) in [6.07, 6.45) is 3.46. The molecule has 1 aromatic heterocycles. The minimum atomic E-state index is -0.0280. The zero-order valence-corrected chi connectivity index (χ0v) is 19.0. The average molecular weight is 456 g/mol. The predicted octanol–water partition coefficient (Wildman–Crippen LogP) is 2.64. The van der Waals surface area contributed by atoms with Gasteiger partial charge in [-0.25, -0.2) is 0 Å². The Morgan fingerprint density at radius 1 is 1.10 bits per heavy atom.